The van der Waals surface area contributed by atoms with Crippen molar-refractivity contribution in [2.45, 2.75) is 131 Å². The minimum atomic E-state index is -4.75. The maximum atomic E-state index is 12.7. The fourth-order valence-electron chi connectivity index (χ4n) is 14.0. The summed E-state index contributed by atoms with van der Waals surface area (Å²) in [7, 11) is 3.34. The van der Waals surface area contributed by atoms with Gasteiger partial charge in [0, 0.05) is 118 Å². The highest BCUT2D eigenvalue weighted by Crippen LogP contribution is 2.41. The first kappa shape index (κ1) is 89.1. The molecule has 15 aromatic heterocycles. The average Bonchev–Trinajstić information content (AvgIpc) is 1.65. The van der Waals surface area contributed by atoms with Gasteiger partial charge in [-0.1, -0.05) is 91.2 Å². The Morgan fingerprint density at radius 1 is 0.445 bits per heavy atom. The number of hydrogen-bond donors (Lipinski definition) is 10. The number of fused-ring (bicyclic) bond motifs is 5. The summed E-state index contributed by atoms with van der Waals surface area (Å²) in [6.45, 7) is 17.5. The highest BCUT2D eigenvalue weighted by atomic mass is 19.4. The third kappa shape index (κ3) is 23.4. The van der Waals surface area contributed by atoms with Crippen LogP contribution in [0.15, 0.2) is 190 Å². The lowest BCUT2D eigenvalue weighted by Gasteiger charge is -2.15. The Balaban J connectivity index is 0.000000130. The van der Waals surface area contributed by atoms with Crippen LogP contribution < -0.4 is 64.7 Å². The number of nitrogens with two attached hydrogens (primary N) is 5. The van der Waals surface area contributed by atoms with Gasteiger partial charge in [0.05, 0.1) is 105 Å². The Bertz CT molecular complexity index is 6310. The number of halogens is 3. The van der Waals surface area contributed by atoms with Gasteiger partial charge in [-0.05, 0) is 99.8 Å². The number of nitrogen functional groups attached to an aromatic ring is 5. The van der Waals surface area contributed by atoms with Crippen LogP contribution in [0.4, 0.5) is 72.0 Å². The van der Waals surface area contributed by atoms with Crippen molar-refractivity contribution in [3.05, 3.63) is 234 Å². The first-order valence-electron chi connectivity index (χ1n) is 41.6. The number of para-hydroxylation sites is 2. The lowest BCUT2D eigenvalue weighted by molar-refractivity contribution is -0.274. The van der Waals surface area contributed by atoms with Crippen molar-refractivity contribution in [1.82, 2.24) is 98.1 Å². The Hall–Kier alpha value is -15.2. The number of pyridine rings is 2. The number of nitrogens with one attached hydrogen (secondary N) is 5. The fraction of sp³-hybridized carbons (Fsp3) is 0.307. The third-order valence-corrected chi connectivity index (χ3v) is 20.1. The maximum absolute atomic E-state index is 12.7. The summed E-state index contributed by atoms with van der Waals surface area (Å²) in [4.78, 5) is 51.9. The molecule has 128 heavy (non-hydrogen) atoms. The molecule has 0 unspecified atom stereocenters. The number of aromatic nitrogens is 20. The van der Waals surface area contributed by atoms with Gasteiger partial charge in [0.15, 0.2) is 29.1 Å². The molecule has 666 valence electrons. The maximum Gasteiger partial charge on any atom is 0.573 e. The molecule has 1 aliphatic carbocycles. The van der Waals surface area contributed by atoms with Gasteiger partial charge in [0.1, 0.15) is 73.4 Å². The largest absolute Gasteiger partial charge is 0.573 e. The smallest absolute Gasteiger partial charge is 0.494 e. The fourth-order valence-corrected chi connectivity index (χ4v) is 14.0. The van der Waals surface area contributed by atoms with Gasteiger partial charge in [-0.15, -0.1) is 13.2 Å². The number of nitrogens with zero attached hydrogens (tertiary/aromatic N) is 20. The van der Waals surface area contributed by atoms with E-state index in [1.165, 1.54) is 25.0 Å². The van der Waals surface area contributed by atoms with Gasteiger partial charge in [-0.2, -0.15) is 24.9 Å². The van der Waals surface area contributed by atoms with Crippen LogP contribution in [0.3, 0.4) is 0 Å². The number of rotatable bonds is 33. The van der Waals surface area contributed by atoms with Gasteiger partial charge in [-0.25, -0.2) is 24.9 Å². The number of aryl methyl sites for hydroxylation is 1. The molecule has 17 aromatic rings. The number of anilines is 10. The standard InChI is InChI=1S/C19H19N7O.C19H21N7O.C18H20F3N5O.C18H23N5O2.C14H18N6O2/c20-19-23-15-6-8-26(11-13-3-1-2-7-21-13)17(15)18(24-19)22-10-14-9-16(27-25-14)12-4-5-12;1-12(2)16-9-14(25-27-16)10-22-18-17-15(23-19(20)24-18)6-8-26(17)11-13-5-3-4-7-21-13;1-2-3-9-23-16-15-13(24-17(22)25-16)8-10-26(15)11-12-6-4-5-7-14(12)27-18(19,20)21;1-3-25-15-7-5-4-6-13(15)12-23-10-8-14-16(23)17(20-9-11-24-2)22-18(19)21-14;1-9-7-10(19-22-9)8-16-13-12-11(17-14(15)18-13)3-4-20(12)5-6-21-2/h1-3,6-9,12H,4-5,10-11H2,(H3,20,22,23,24);3-9,12H,10-11H2,1-2H3,(H3,20,22,23,24);4-8,10H,2-3,9,11H2,1H3,(H3,22,23,24,25);4-8,10H,3,9,11-12H2,1-2H3,(H3,19,20,21,22);3-4,7H,5-6,8H2,1-2H3,(H3,15,16,17,18). The molecule has 0 amide bonds. The Labute approximate surface area is 732 Å². The third-order valence-electron chi connectivity index (χ3n) is 20.1. The summed E-state index contributed by atoms with van der Waals surface area (Å²) in [5, 5.41) is 28.6. The Morgan fingerprint density at radius 2 is 0.852 bits per heavy atom. The lowest BCUT2D eigenvalue weighted by atomic mass is 10.1. The first-order valence-corrected chi connectivity index (χ1v) is 41.6. The van der Waals surface area contributed by atoms with E-state index in [1.807, 2.05) is 140 Å². The summed E-state index contributed by atoms with van der Waals surface area (Å²) in [5.41, 5.74) is 43.1. The number of benzene rings is 2. The van der Waals surface area contributed by atoms with Crippen LogP contribution in [-0.2, 0) is 61.8 Å². The van der Waals surface area contributed by atoms with Crippen LogP contribution in [0.5, 0.6) is 11.5 Å². The molecule has 0 spiro atoms. The van der Waals surface area contributed by atoms with Gasteiger partial charge < -0.3 is 111 Å². The second kappa shape index (κ2) is 42.0. The number of hydrogen-bond acceptors (Lipinski definition) is 32. The van der Waals surface area contributed by atoms with Crippen molar-refractivity contribution in [1.29, 1.82) is 0 Å². The topological polar surface area (TPSA) is 485 Å². The van der Waals surface area contributed by atoms with Crippen LogP contribution in [-0.4, -0.2) is 152 Å². The highest BCUT2D eigenvalue weighted by Gasteiger charge is 2.33. The molecule has 1 saturated carbocycles. The van der Waals surface area contributed by atoms with Crippen molar-refractivity contribution in [2.75, 3.05) is 102 Å². The molecule has 0 bridgehead atoms. The van der Waals surface area contributed by atoms with Crippen LogP contribution in [0, 0.1) is 6.92 Å². The normalized spacial score (nSPS) is 11.9. The molecule has 0 saturated heterocycles. The van der Waals surface area contributed by atoms with Gasteiger partial charge in [-0.3, -0.25) is 9.97 Å². The van der Waals surface area contributed by atoms with Crippen LogP contribution in [0.1, 0.15) is 122 Å². The molecule has 0 atom stereocenters. The Morgan fingerprint density at radius 3 is 1.27 bits per heavy atom. The van der Waals surface area contributed by atoms with Crippen LogP contribution >= 0.6 is 0 Å². The summed E-state index contributed by atoms with van der Waals surface area (Å²) in [6.07, 6.45) is 12.8. The summed E-state index contributed by atoms with van der Waals surface area (Å²) in [6, 6.07) is 41.1. The summed E-state index contributed by atoms with van der Waals surface area (Å²) >= 11 is 0. The zero-order valence-electron chi connectivity index (χ0n) is 71.7. The van der Waals surface area contributed by atoms with E-state index in [2.05, 4.69) is 147 Å². The molecule has 18 rings (SSSR count). The van der Waals surface area contributed by atoms with E-state index in [4.69, 9.17) is 56.4 Å². The zero-order chi connectivity index (χ0) is 89.6. The molecule has 37 nitrogen and oxygen atoms in total. The predicted octanol–water partition coefficient (Wildman–Crippen LogP) is 14.4. The SMILES string of the molecule is CC(C)c1cc(CNc2nc(N)nc3ccn(Cc4ccccn4)c23)no1.CCCCNc1nc(N)nc2ccn(Cc3ccccc3OC(F)(F)F)c12.CCOc1ccccc1Cn1ccc2nc(N)nc(NCCOC)c21.COCCn1ccc2nc(N)nc(NCc3cc(C)on3)c21.Nc1nc(NCc2cc(C3CC3)on2)c2c(ccn2Cc2ccccn2)n1. The molecule has 2 aromatic carbocycles. The van der Waals surface area contributed by atoms with E-state index in [0.29, 0.717) is 136 Å². The molecule has 0 aliphatic heterocycles. The van der Waals surface area contributed by atoms with Crippen molar-refractivity contribution < 1.29 is 45.7 Å². The Kier molecular flexibility index (Phi) is 29.2. The van der Waals surface area contributed by atoms with Crippen molar-refractivity contribution in [2.24, 2.45) is 0 Å². The molecule has 1 fully saturated rings. The van der Waals surface area contributed by atoms with E-state index in [0.717, 1.165) is 114 Å². The number of alkyl halides is 3. The van der Waals surface area contributed by atoms with E-state index in [-0.39, 0.29) is 42.0 Å². The number of ether oxygens (including phenoxy) is 4. The molecule has 0 radical (unpaired) electrons. The van der Waals surface area contributed by atoms with Crippen LogP contribution in [0.2, 0.25) is 0 Å². The average molecular weight is 1750 g/mol. The highest BCUT2D eigenvalue weighted by molar-refractivity contribution is 5.91. The molecule has 15 heterocycles. The number of methoxy groups -OCH3 is 2. The summed E-state index contributed by atoms with van der Waals surface area (Å²) < 4.78 is 83.9. The van der Waals surface area contributed by atoms with Crippen LogP contribution in [0.25, 0.3) is 55.2 Å². The van der Waals surface area contributed by atoms with Gasteiger partial charge >= 0.3 is 6.36 Å². The zero-order valence-corrected chi connectivity index (χ0v) is 71.7. The quantitative estimate of drug-likeness (QED) is 0.0171. The molecule has 40 heteroatoms. The molecule has 1 aliphatic rings. The molecular formula is C88H101F3N30O7. The van der Waals surface area contributed by atoms with Gasteiger partial charge in [0.25, 0.3) is 0 Å². The number of unbranched alkanes of at least 4 members (excludes halogenated alkanes) is 1. The van der Waals surface area contributed by atoms with Crippen molar-refractivity contribution in [3.8, 4) is 11.5 Å². The van der Waals surface area contributed by atoms with E-state index < -0.39 is 6.36 Å². The van der Waals surface area contributed by atoms with E-state index >= 15 is 0 Å². The van der Waals surface area contributed by atoms with Crippen molar-refractivity contribution in [3.63, 3.8) is 0 Å². The predicted molar refractivity (Wildman–Crippen MR) is 483 cm³/mol. The minimum absolute atomic E-state index is 0.139. The lowest BCUT2D eigenvalue weighted by Crippen LogP contribution is -2.18. The van der Waals surface area contributed by atoms with E-state index in [1.54, 1.807) is 55.6 Å². The van der Waals surface area contributed by atoms with Gasteiger partial charge in [0.2, 0.25) is 29.7 Å². The summed E-state index contributed by atoms with van der Waals surface area (Å²) in [5.74, 6) is 8.45. The minimum Gasteiger partial charge on any atom is -0.494 e. The second-order valence-corrected chi connectivity index (χ2v) is 30.0. The monoisotopic (exact) mass is 1750 g/mol. The first-order chi connectivity index (χ1) is 62.1. The second-order valence-electron chi connectivity index (χ2n) is 30.0. The molecular weight excluding hydrogens is 1650 g/mol. The molecule has 15 N–H and O–H groups in total. The van der Waals surface area contributed by atoms with Crippen molar-refractivity contribution >= 4 is 114 Å². The van der Waals surface area contributed by atoms with E-state index in [9.17, 15) is 13.2 Å².